The molecule has 1 aromatic heterocycles. The predicted molar refractivity (Wildman–Crippen MR) is 111 cm³/mol. The van der Waals surface area contributed by atoms with E-state index in [2.05, 4.69) is 22.2 Å². The summed E-state index contributed by atoms with van der Waals surface area (Å²) in [5.74, 6) is 0.498. The van der Waals surface area contributed by atoms with Gasteiger partial charge in [-0.3, -0.25) is 9.59 Å². The zero-order valence-corrected chi connectivity index (χ0v) is 17.2. The molecule has 2 N–H and O–H groups in total. The van der Waals surface area contributed by atoms with E-state index in [1.807, 2.05) is 13.8 Å². The van der Waals surface area contributed by atoms with E-state index in [9.17, 15) is 9.59 Å². The molecule has 2 rings (SSSR count). The van der Waals surface area contributed by atoms with E-state index in [-0.39, 0.29) is 30.2 Å². The molecular weight excluding hydrogens is 394 g/mol. The first-order valence-corrected chi connectivity index (χ1v) is 9.48. The van der Waals surface area contributed by atoms with Gasteiger partial charge in [0.05, 0.1) is 12.3 Å². The van der Waals surface area contributed by atoms with Crippen molar-refractivity contribution < 1.29 is 19.1 Å². The quantitative estimate of drug-likeness (QED) is 0.618. The highest BCUT2D eigenvalue weighted by atomic mass is 35.5. The van der Waals surface area contributed by atoms with Crippen molar-refractivity contribution in [2.45, 2.75) is 26.4 Å². The maximum atomic E-state index is 12.1. The van der Waals surface area contributed by atoms with Gasteiger partial charge in [-0.15, -0.1) is 0 Å². The molecule has 1 heterocycles. The van der Waals surface area contributed by atoms with Crippen LogP contribution in [0.25, 0.3) is 0 Å². The summed E-state index contributed by atoms with van der Waals surface area (Å²) in [7, 11) is 0. The molecule has 8 heteroatoms. The molecule has 0 unspecified atom stereocenters. The maximum absolute atomic E-state index is 12.1. The Bertz CT molecular complexity index is 836. The van der Waals surface area contributed by atoms with Crippen LogP contribution in [0.5, 0.6) is 11.5 Å². The van der Waals surface area contributed by atoms with Crippen molar-refractivity contribution >= 4 is 23.4 Å². The van der Waals surface area contributed by atoms with E-state index in [1.54, 1.807) is 36.4 Å². The van der Waals surface area contributed by atoms with Crippen LogP contribution in [0.3, 0.4) is 0 Å². The topological polar surface area (TPSA) is 89.5 Å². The van der Waals surface area contributed by atoms with Gasteiger partial charge in [0.1, 0.15) is 17.2 Å². The molecule has 0 aliphatic heterocycles. The standard InChI is InChI=1S/C21H24ClN3O4/c1-14(2)29-18-8-9-19(24-12-18)21(27)23-11-10-15(3)25-20(26)13-28-17-6-4-16(22)5-7-17/h4-9,12,14H,3,10-11,13H2,1-2H3,(H,23,27)(H,25,26). The zero-order valence-electron chi connectivity index (χ0n) is 16.4. The summed E-state index contributed by atoms with van der Waals surface area (Å²) in [6.45, 7) is 7.76. The van der Waals surface area contributed by atoms with Crippen molar-refractivity contribution in [2.24, 2.45) is 0 Å². The zero-order chi connectivity index (χ0) is 21.2. The lowest BCUT2D eigenvalue weighted by atomic mass is 10.3. The molecule has 1 aromatic carbocycles. The number of ether oxygens (including phenoxy) is 2. The Morgan fingerprint density at radius 2 is 1.83 bits per heavy atom. The number of halogens is 1. The van der Waals surface area contributed by atoms with E-state index in [4.69, 9.17) is 21.1 Å². The van der Waals surface area contributed by atoms with Crippen LogP contribution in [0.4, 0.5) is 0 Å². The van der Waals surface area contributed by atoms with Crippen molar-refractivity contribution in [1.82, 2.24) is 15.6 Å². The van der Waals surface area contributed by atoms with Crippen LogP contribution in [0, 0.1) is 0 Å². The van der Waals surface area contributed by atoms with Gasteiger partial charge < -0.3 is 20.1 Å². The second-order valence-electron chi connectivity index (χ2n) is 6.45. The number of aromatic nitrogens is 1. The summed E-state index contributed by atoms with van der Waals surface area (Å²) in [5.41, 5.74) is 0.760. The highest BCUT2D eigenvalue weighted by Crippen LogP contribution is 2.15. The summed E-state index contributed by atoms with van der Waals surface area (Å²) >= 11 is 5.79. The molecule has 2 aromatic rings. The van der Waals surface area contributed by atoms with Gasteiger partial charge in [-0.05, 0) is 50.2 Å². The number of rotatable bonds is 10. The van der Waals surface area contributed by atoms with Crippen LogP contribution in [0.2, 0.25) is 5.02 Å². The van der Waals surface area contributed by atoms with Gasteiger partial charge >= 0.3 is 0 Å². The summed E-state index contributed by atoms with van der Waals surface area (Å²) in [5, 5.41) is 5.95. The molecule has 0 radical (unpaired) electrons. The highest BCUT2D eigenvalue weighted by Gasteiger charge is 2.09. The number of amides is 2. The molecule has 0 aliphatic carbocycles. The smallest absolute Gasteiger partial charge is 0.269 e. The van der Waals surface area contributed by atoms with Gasteiger partial charge in [0.25, 0.3) is 11.8 Å². The molecule has 0 spiro atoms. The van der Waals surface area contributed by atoms with Crippen LogP contribution in [0.15, 0.2) is 54.9 Å². The molecule has 0 bridgehead atoms. The van der Waals surface area contributed by atoms with Crippen LogP contribution >= 0.6 is 11.6 Å². The number of carbonyl (C=O) groups excluding carboxylic acids is 2. The third kappa shape index (κ3) is 8.23. The minimum Gasteiger partial charge on any atom is -0.489 e. The molecule has 154 valence electrons. The summed E-state index contributed by atoms with van der Waals surface area (Å²) < 4.78 is 10.8. The molecular formula is C21H24ClN3O4. The summed E-state index contributed by atoms with van der Waals surface area (Å²) in [6.07, 6.45) is 1.93. The van der Waals surface area contributed by atoms with Crippen molar-refractivity contribution in [1.29, 1.82) is 0 Å². The van der Waals surface area contributed by atoms with Gasteiger partial charge in [0.15, 0.2) is 6.61 Å². The van der Waals surface area contributed by atoms with Crippen LogP contribution in [0.1, 0.15) is 30.8 Å². The fourth-order valence-electron chi connectivity index (χ4n) is 2.25. The monoisotopic (exact) mass is 417 g/mol. The van der Waals surface area contributed by atoms with Crippen LogP contribution < -0.4 is 20.1 Å². The third-order valence-corrected chi connectivity index (χ3v) is 3.80. The number of carbonyl (C=O) groups is 2. The van der Waals surface area contributed by atoms with Crippen molar-refractivity contribution in [3.8, 4) is 11.5 Å². The van der Waals surface area contributed by atoms with Gasteiger partial charge in [0.2, 0.25) is 0 Å². The molecule has 0 atom stereocenters. The molecule has 0 fully saturated rings. The molecule has 7 nitrogen and oxygen atoms in total. The Balaban J connectivity index is 1.67. The lowest BCUT2D eigenvalue weighted by Gasteiger charge is -2.11. The highest BCUT2D eigenvalue weighted by molar-refractivity contribution is 6.30. The van der Waals surface area contributed by atoms with E-state index >= 15 is 0 Å². The van der Waals surface area contributed by atoms with E-state index < -0.39 is 0 Å². The SMILES string of the molecule is C=C(CCNC(=O)c1ccc(OC(C)C)cn1)NC(=O)COc1ccc(Cl)cc1. The average molecular weight is 418 g/mol. The second kappa shape index (κ2) is 11.1. The largest absolute Gasteiger partial charge is 0.489 e. The van der Waals surface area contributed by atoms with Crippen LogP contribution in [-0.4, -0.2) is 36.1 Å². The molecule has 29 heavy (non-hydrogen) atoms. The molecule has 0 saturated carbocycles. The first-order chi connectivity index (χ1) is 13.8. The Morgan fingerprint density at radius 3 is 2.45 bits per heavy atom. The third-order valence-electron chi connectivity index (χ3n) is 3.55. The second-order valence-corrected chi connectivity index (χ2v) is 6.88. The number of nitrogens with zero attached hydrogens (tertiary/aromatic N) is 1. The van der Waals surface area contributed by atoms with Gasteiger partial charge in [-0.25, -0.2) is 4.98 Å². The van der Waals surface area contributed by atoms with Gasteiger partial charge in [-0.2, -0.15) is 0 Å². The number of pyridine rings is 1. The minimum absolute atomic E-state index is 0.0364. The lowest BCUT2D eigenvalue weighted by Crippen LogP contribution is -2.31. The number of benzene rings is 1. The van der Waals surface area contributed by atoms with Gasteiger partial charge in [0, 0.05) is 23.7 Å². The molecule has 0 saturated heterocycles. The number of hydrogen-bond donors (Lipinski definition) is 2. The Kier molecular flexibility index (Phi) is 8.48. The lowest BCUT2D eigenvalue weighted by molar-refractivity contribution is -0.122. The van der Waals surface area contributed by atoms with Crippen molar-refractivity contribution in [2.75, 3.05) is 13.2 Å². The van der Waals surface area contributed by atoms with E-state index in [0.29, 0.717) is 35.2 Å². The minimum atomic E-state index is -0.335. The van der Waals surface area contributed by atoms with Crippen molar-refractivity contribution in [3.05, 3.63) is 65.6 Å². The number of hydrogen-bond acceptors (Lipinski definition) is 5. The molecule has 0 aliphatic rings. The van der Waals surface area contributed by atoms with E-state index in [0.717, 1.165) is 0 Å². The first kappa shape index (κ1) is 22.2. The fraction of sp³-hybridized carbons (Fsp3) is 0.286. The summed E-state index contributed by atoms with van der Waals surface area (Å²) in [4.78, 5) is 28.1. The van der Waals surface area contributed by atoms with Gasteiger partial charge in [-0.1, -0.05) is 18.2 Å². The fourth-order valence-corrected chi connectivity index (χ4v) is 2.38. The maximum Gasteiger partial charge on any atom is 0.269 e. The summed E-state index contributed by atoms with van der Waals surface area (Å²) in [6, 6.07) is 10.00. The Hall–Kier alpha value is -3.06. The number of nitrogens with one attached hydrogen (secondary N) is 2. The average Bonchev–Trinajstić information content (AvgIpc) is 2.67. The Morgan fingerprint density at radius 1 is 1.14 bits per heavy atom. The first-order valence-electron chi connectivity index (χ1n) is 9.10. The van der Waals surface area contributed by atoms with E-state index in [1.165, 1.54) is 6.20 Å². The van der Waals surface area contributed by atoms with Crippen LogP contribution in [-0.2, 0) is 4.79 Å². The van der Waals surface area contributed by atoms with Crippen molar-refractivity contribution in [3.63, 3.8) is 0 Å². The normalized spacial score (nSPS) is 10.3. The molecule has 2 amide bonds. The predicted octanol–water partition coefficient (Wildman–Crippen LogP) is 3.35. The Labute approximate surface area is 175 Å².